The number of aromatic nitrogens is 1. The van der Waals surface area contributed by atoms with E-state index in [1.807, 2.05) is 60.7 Å². The van der Waals surface area contributed by atoms with Gasteiger partial charge in [-0.2, -0.15) is 0 Å². The Hall–Kier alpha value is -2.48. The molecule has 160 valence electrons. The standard InChI is InChI=1S/C25H19Br2N3OS/c1-15-14-18(9-10-19(15)27)30-24(23(29-25(30)32)20-4-2-3-13-28-20)22-12-11-21(31-22)16-5-7-17(26)8-6-16/h2-14,23-24H,1H3,(H,29,32)/t23-,24+/m0/s1. The number of rotatable bonds is 4. The van der Waals surface area contributed by atoms with Crippen molar-refractivity contribution >= 4 is 54.9 Å². The minimum Gasteiger partial charge on any atom is -0.459 e. The molecule has 0 unspecified atom stereocenters. The molecule has 0 spiro atoms. The summed E-state index contributed by atoms with van der Waals surface area (Å²) >= 11 is 12.9. The van der Waals surface area contributed by atoms with Crippen molar-refractivity contribution < 1.29 is 4.42 Å². The molecule has 1 aliphatic rings. The molecule has 1 N–H and O–H groups in total. The quantitative estimate of drug-likeness (QED) is 0.261. The van der Waals surface area contributed by atoms with Gasteiger partial charge >= 0.3 is 0 Å². The molecule has 0 radical (unpaired) electrons. The molecular weight excluding hydrogens is 550 g/mol. The molecule has 1 fully saturated rings. The molecule has 4 aromatic rings. The molecule has 0 aliphatic carbocycles. The fraction of sp³-hybridized carbons (Fsp3) is 0.120. The highest BCUT2D eigenvalue weighted by Gasteiger charge is 2.42. The third-order valence-corrected chi connectivity index (χ3v) is 7.30. The summed E-state index contributed by atoms with van der Waals surface area (Å²) in [6.45, 7) is 2.07. The molecule has 0 saturated carbocycles. The average molecular weight is 569 g/mol. The van der Waals surface area contributed by atoms with Crippen LogP contribution in [0.5, 0.6) is 0 Å². The number of aryl methyl sites for hydroxylation is 1. The second-order valence-electron chi connectivity index (χ2n) is 7.64. The predicted octanol–water partition coefficient (Wildman–Crippen LogP) is 7.35. The van der Waals surface area contributed by atoms with Crippen molar-refractivity contribution in [3.63, 3.8) is 0 Å². The SMILES string of the molecule is Cc1cc(N2C(=S)N[C@@H](c3ccccn3)[C@H]2c2ccc(-c3ccc(Br)cc3)o2)ccc1Br. The number of benzene rings is 2. The molecule has 2 aromatic heterocycles. The number of furan rings is 1. The van der Waals surface area contributed by atoms with Gasteiger partial charge in [0.1, 0.15) is 17.6 Å². The second-order valence-corrected chi connectivity index (χ2v) is 9.80. The van der Waals surface area contributed by atoms with Gasteiger partial charge in [0, 0.05) is 26.4 Å². The number of hydrogen-bond acceptors (Lipinski definition) is 3. The summed E-state index contributed by atoms with van der Waals surface area (Å²) in [5, 5.41) is 4.12. The highest BCUT2D eigenvalue weighted by Crippen LogP contribution is 2.43. The van der Waals surface area contributed by atoms with E-state index in [9.17, 15) is 0 Å². The molecule has 1 saturated heterocycles. The Morgan fingerprint density at radius 2 is 1.81 bits per heavy atom. The highest BCUT2D eigenvalue weighted by atomic mass is 79.9. The fourth-order valence-corrected chi connectivity index (χ4v) is 4.84. The van der Waals surface area contributed by atoms with E-state index in [1.165, 1.54) is 0 Å². The zero-order chi connectivity index (χ0) is 22.2. The lowest BCUT2D eigenvalue weighted by molar-refractivity contribution is 0.439. The first-order valence-electron chi connectivity index (χ1n) is 10.1. The fourth-order valence-electron chi connectivity index (χ4n) is 3.98. The van der Waals surface area contributed by atoms with Crippen LogP contribution in [0.2, 0.25) is 0 Å². The van der Waals surface area contributed by atoms with Crippen molar-refractivity contribution in [3.05, 3.63) is 105 Å². The molecule has 1 aliphatic heterocycles. The Labute approximate surface area is 208 Å². The maximum Gasteiger partial charge on any atom is 0.174 e. The first-order chi connectivity index (χ1) is 15.5. The zero-order valence-electron chi connectivity index (χ0n) is 17.1. The molecule has 7 heteroatoms. The van der Waals surface area contributed by atoms with Crippen molar-refractivity contribution in [3.8, 4) is 11.3 Å². The summed E-state index contributed by atoms with van der Waals surface area (Å²) in [6, 6.07) is 24.0. The lowest BCUT2D eigenvalue weighted by Crippen LogP contribution is -2.29. The molecule has 5 rings (SSSR count). The molecule has 3 heterocycles. The van der Waals surface area contributed by atoms with Crippen molar-refractivity contribution in [1.82, 2.24) is 10.3 Å². The topological polar surface area (TPSA) is 41.3 Å². The molecule has 2 aromatic carbocycles. The van der Waals surface area contributed by atoms with Crippen LogP contribution in [-0.2, 0) is 0 Å². The molecule has 2 atom stereocenters. The first kappa shape index (κ1) is 21.4. The van der Waals surface area contributed by atoms with E-state index in [0.717, 1.165) is 43.0 Å². The number of nitrogens with one attached hydrogen (secondary N) is 1. The molecular formula is C25H19Br2N3OS. The van der Waals surface area contributed by atoms with Gasteiger partial charge in [0.2, 0.25) is 0 Å². The van der Waals surface area contributed by atoms with Crippen LogP contribution in [0.15, 0.2) is 92.4 Å². The molecule has 4 nitrogen and oxygen atoms in total. The molecule has 0 bridgehead atoms. The number of hydrogen-bond donors (Lipinski definition) is 1. The van der Waals surface area contributed by atoms with Crippen molar-refractivity contribution in [2.24, 2.45) is 0 Å². The van der Waals surface area contributed by atoms with Crippen molar-refractivity contribution in [2.75, 3.05) is 4.90 Å². The number of halogens is 2. The third-order valence-electron chi connectivity index (χ3n) is 5.56. The van der Waals surface area contributed by atoms with E-state index in [2.05, 4.69) is 66.1 Å². The van der Waals surface area contributed by atoms with Crippen LogP contribution >= 0.6 is 44.1 Å². The number of nitrogens with zero attached hydrogens (tertiary/aromatic N) is 2. The van der Waals surface area contributed by atoms with Crippen LogP contribution in [0.3, 0.4) is 0 Å². The predicted molar refractivity (Wildman–Crippen MR) is 139 cm³/mol. The largest absolute Gasteiger partial charge is 0.459 e. The minimum absolute atomic E-state index is 0.142. The number of pyridine rings is 1. The van der Waals surface area contributed by atoms with Crippen LogP contribution in [0.4, 0.5) is 5.69 Å². The summed E-state index contributed by atoms with van der Waals surface area (Å²) in [5.41, 5.74) is 4.08. The lowest BCUT2D eigenvalue weighted by atomic mass is 10.0. The minimum atomic E-state index is -0.179. The smallest absolute Gasteiger partial charge is 0.174 e. The molecule has 32 heavy (non-hydrogen) atoms. The Bertz CT molecular complexity index is 1270. The van der Waals surface area contributed by atoms with E-state index in [4.69, 9.17) is 16.6 Å². The Morgan fingerprint density at radius 3 is 2.53 bits per heavy atom. The summed E-state index contributed by atoms with van der Waals surface area (Å²) in [6.07, 6.45) is 1.80. The second kappa shape index (κ2) is 8.81. The maximum atomic E-state index is 6.41. The van der Waals surface area contributed by atoms with Crippen LogP contribution in [-0.4, -0.2) is 10.1 Å². The van der Waals surface area contributed by atoms with Gasteiger partial charge in [-0.15, -0.1) is 0 Å². The highest BCUT2D eigenvalue weighted by molar-refractivity contribution is 9.10. The van der Waals surface area contributed by atoms with E-state index < -0.39 is 0 Å². The van der Waals surface area contributed by atoms with Gasteiger partial charge in [-0.1, -0.05) is 50.1 Å². The van der Waals surface area contributed by atoms with E-state index in [0.29, 0.717) is 5.11 Å². The van der Waals surface area contributed by atoms with Gasteiger partial charge in [-0.25, -0.2) is 0 Å². The van der Waals surface area contributed by atoms with Gasteiger partial charge < -0.3 is 14.6 Å². The van der Waals surface area contributed by atoms with Gasteiger partial charge in [0.05, 0.1) is 11.7 Å². The van der Waals surface area contributed by atoms with Crippen molar-refractivity contribution in [2.45, 2.75) is 19.0 Å². The summed E-state index contributed by atoms with van der Waals surface area (Å²) in [4.78, 5) is 6.73. The first-order valence-corrected chi connectivity index (χ1v) is 12.1. The third kappa shape index (κ3) is 4.00. The monoisotopic (exact) mass is 567 g/mol. The Balaban J connectivity index is 1.60. The van der Waals surface area contributed by atoms with Crippen molar-refractivity contribution in [1.29, 1.82) is 0 Å². The number of anilines is 1. The van der Waals surface area contributed by atoms with Gasteiger partial charge in [-0.05, 0) is 79.3 Å². The van der Waals surface area contributed by atoms with E-state index in [-0.39, 0.29) is 12.1 Å². The summed E-state index contributed by atoms with van der Waals surface area (Å²) < 4.78 is 8.50. The van der Waals surface area contributed by atoms with Crippen LogP contribution < -0.4 is 10.2 Å². The van der Waals surface area contributed by atoms with Crippen LogP contribution in [0.1, 0.15) is 29.1 Å². The van der Waals surface area contributed by atoms with Crippen LogP contribution in [0, 0.1) is 6.92 Å². The summed E-state index contributed by atoms with van der Waals surface area (Å²) in [7, 11) is 0. The Morgan fingerprint density at radius 1 is 1.00 bits per heavy atom. The molecule has 0 amide bonds. The van der Waals surface area contributed by atoms with Gasteiger partial charge in [0.25, 0.3) is 0 Å². The average Bonchev–Trinajstić information content (AvgIpc) is 3.41. The normalized spacial score (nSPS) is 18.1. The number of thiocarbonyl (C=S) groups is 1. The lowest BCUT2D eigenvalue weighted by Gasteiger charge is -2.26. The van der Waals surface area contributed by atoms with E-state index in [1.54, 1.807) is 6.20 Å². The zero-order valence-corrected chi connectivity index (χ0v) is 21.1. The maximum absolute atomic E-state index is 6.41. The Kier molecular flexibility index (Phi) is 5.88. The van der Waals surface area contributed by atoms with Gasteiger partial charge in [0.15, 0.2) is 5.11 Å². The van der Waals surface area contributed by atoms with E-state index >= 15 is 0 Å². The summed E-state index contributed by atoms with van der Waals surface area (Å²) in [5.74, 6) is 1.64. The van der Waals surface area contributed by atoms with Gasteiger partial charge in [-0.3, -0.25) is 4.98 Å². The van der Waals surface area contributed by atoms with Crippen LogP contribution in [0.25, 0.3) is 11.3 Å².